The van der Waals surface area contributed by atoms with Crippen LogP contribution in [-0.2, 0) is 4.79 Å². The Morgan fingerprint density at radius 3 is 2.33 bits per heavy atom. The summed E-state index contributed by atoms with van der Waals surface area (Å²) in [6, 6.07) is 15.5. The summed E-state index contributed by atoms with van der Waals surface area (Å²) < 4.78 is 7.49. The van der Waals surface area contributed by atoms with Crippen molar-refractivity contribution in [2.75, 3.05) is 7.05 Å². The van der Waals surface area contributed by atoms with Crippen LogP contribution in [0.25, 0.3) is 5.69 Å². The lowest BCUT2D eigenvalue weighted by Crippen LogP contribution is -2.39. The Morgan fingerprint density at radius 2 is 1.74 bits per heavy atom. The zero-order valence-corrected chi connectivity index (χ0v) is 16.0. The first-order valence-electron chi connectivity index (χ1n) is 8.90. The fourth-order valence-electron chi connectivity index (χ4n) is 2.82. The predicted molar refractivity (Wildman–Crippen MR) is 104 cm³/mol. The minimum atomic E-state index is -0.561. The van der Waals surface area contributed by atoms with Crippen LogP contribution < -0.4 is 4.74 Å². The van der Waals surface area contributed by atoms with Crippen LogP contribution in [0.1, 0.15) is 31.0 Å². The first-order chi connectivity index (χ1) is 13.0. The zero-order valence-electron chi connectivity index (χ0n) is 16.0. The highest BCUT2D eigenvalue weighted by Crippen LogP contribution is 2.22. The lowest BCUT2D eigenvalue weighted by molar-refractivity contribution is -0.138. The Hall–Kier alpha value is -3.15. The van der Waals surface area contributed by atoms with Crippen LogP contribution in [-0.4, -0.2) is 38.7 Å². The molecule has 0 aliphatic rings. The number of amides is 1. The topological polar surface area (TPSA) is 60.2 Å². The second-order valence-electron chi connectivity index (χ2n) is 6.63. The molecule has 0 unspecified atom stereocenters. The van der Waals surface area contributed by atoms with Crippen LogP contribution in [0.4, 0.5) is 0 Å². The van der Waals surface area contributed by atoms with Gasteiger partial charge < -0.3 is 9.64 Å². The number of benzene rings is 2. The van der Waals surface area contributed by atoms with Gasteiger partial charge in [-0.2, -0.15) is 5.10 Å². The molecule has 6 nitrogen and oxygen atoms in total. The second kappa shape index (κ2) is 8.03. The fourth-order valence-corrected chi connectivity index (χ4v) is 2.82. The monoisotopic (exact) mass is 364 g/mol. The Morgan fingerprint density at radius 1 is 1.07 bits per heavy atom. The summed E-state index contributed by atoms with van der Waals surface area (Å²) in [5.74, 6) is 0.628. The molecular weight excluding hydrogens is 340 g/mol. The summed E-state index contributed by atoms with van der Waals surface area (Å²) in [4.78, 5) is 18.4. The van der Waals surface area contributed by atoms with Crippen LogP contribution in [0.2, 0.25) is 0 Å². The van der Waals surface area contributed by atoms with Gasteiger partial charge in [-0.3, -0.25) is 4.79 Å². The van der Waals surface area contributed by atoms with E-state index >= 15 is 0 Å². The van der Waals surface area contributed by atoms with Crippen LogP contribution in [0, 0.1) is 6.92 Å². The molecule has 3 rings (SSSR count). The summed E-state index contributed by atoms with van der Waals surface area (Å²) in [5.41, 5.74) is 3.12. The number of likely N-dealkylation sites (N-methyl/N-ethyl adjacent to an activating group) is 1. The molecule has 140 valence electrons. The Labute approximate surface area is 159 Å². The van der Waals surface area contributed by atoms with Gasteiger partial charge in [-0.25, -0.2) is 9.67 Å². The molecule has 1 aromatic heterocycles. The molecule has 27 heavy (non-hydrogen) atoms. The molecule has 2 atom stereocenters. The van der Waals surface area contributed by atoms with Gasteiger partial charge in [0.05, 0.1) is 11.7 Å². The average Bonchev–Trinajstić information content (AvgIpc) is 3.23. The molecule has 0 saturated carbocycles. The van der Waals surface area contributed by atoms with E-state index in [-0.39, 0.29) is 11.9 Å². The van der Waals surface area contributed by atoms with Crippen molar-refractivity contribution < 1.29 is 9.53 Å². The fraction of sp³-hybridized carbons (Fsp3) is 0.286. The van der Waals surface area contributed by atoms with Gasteiger partial charge in [-0.15, -0.1) is 0 Å². The van der Waals surface area contributed by atoms with Crippen molar-refractivity contribution in [3.05, 3.63) is 72.3 Å². The van der Waals surface area contributed by atoms with E-state index in [0.29, 0.717) is 5.75 Å². The average molecular weight is 364 g/mol. The molecule has 0 spiro atoms. The number of carbonyl (C=O) groups is 1. The van der Waals surface area contributed by atoms with Crippen molar-refractivity contribution in [3.63, 3.8) is 0 Å². The van der Waals surface area contributed by atoms with E-state index in [1.165, 1.54) is 6.33 Å². The molecule has 2 aromatic carbocycles. The molecule has 0 fully saturated rings. The van der Waals surface area contributed by atoms with E-state index in [9.17, 15) is 4.79 Å². The van der Waals surface area contributed by atoms with Gasteiger partial charge in [-0.05, 0) is 50.6 Å². The number of ether oxygens (including phenoxy) is 1. The Bertz CT molecular complexity index is 874. The first kappa shape index (κ1) is 18.6. The first-order valence-corrected chi connectivity index (χ1v) is 8.90. The summed E-state index contributed by atoms with van der Waals surface area (Å²) in [6.07, 6.45) is 2.59. The van der Waals surface area contributed by atoms with E-state index in [0.717, 1.165) is 16.8 Å². The molecule has 1 amide bonds. The highest BCUT2D eigenvalue weighted by Gasteiger charge is 2.24. The highest BCUT2D eigenvalue weighted by atomic mass is 16.5. The molecule has 0 aliphatic carbocycles. The van der Waals surface area contributed by atoms with Crippen LogP contribution in [0.5, 0.6) is 5.75 Å². The SMILES string of the molecule is Cc1ccc(O[C@H](C)C(=O)N(C)[C@@H](C)c2ccc(-n3cncn3)cc2)cc1. The molecule has 0 saturated heterocycles. The maximum atomic E-state index is 12.8. The third-order valence-corrected chi connectivity index (χ3v) is 4.67. The molecule has 6 heteroatoms. The van der Waals surface area contributed by atoms with Crippen LogP contribution in [0.15, 0.2) is 61.2 Å². The molecule has 0 bridgehead atoms. The Balaban J connectivity index is 1.65. The molecule has 0 N–H and O–H groups in total. The maximum absolute atomic E-state index is 12.8. The van der Waals surface area contributed by atoms with Crippen LogP contribution in [0.3, 0.4) is 0 Å². The standard InChI is InChI=1S/C21H24N4O2/c1-15-5-11-20(12-6-15)27-17(3)21(26)24(4)16(2)18-7-9-19(10-8-18)25-14-22-13-23-25/h5-14,16-17H,1-4H3/t16-,17+/m0/s1. The largest absolute Gasteiger partial charge is 0.481 e. The van der Waals surface area contributed by atoms with Gasteiger partial charge in [0.1, 0.15) is 18.4 Å². The predicted octanol–water partition coefficient (Wildman–Crippen LogP) is 3.56. The Kier molecular flexibility index (Phi) is 5.54. The van der Waals surface area contributed by atoms with E-state index in [2.05, 4.69) is 10.1 Å². The van der Waals surface area contributed by atoms with Gasteiger partial charge in [0.2, 0.25) is 0 Å². The minimum Gasteiger partial charge on any atom is -0.481 e. The summed E-state index contributed by atoms with van der Waals surface area (Å²) >= 11 is 0. The van der Waals surface area contributed by atoms with Gasteiger partial charge in [0.25, 0.3) is 5.91 Å². The van der Waals surface area contributed by atoms with Crippen LogP contribution >= 0.6 is 0 Å². The lowest BCUT2D eigenvalue weighted by atomic mass is 10.1. The number of hydrogen-bond acceptors (Lipinski definition) is 4. The summed E-state index contributed by atoms with van der Waals surface area (Å²) in [6.45, 7) is 5.79. The zero-order chi connectivity index (χ0) is 19.4. The summed E-state index contributed by atoms with van der Waals surface area (Å²) in [5, 5.41) is 4.12. The third kappa shape index (κ3) is 4.34. The number of nitrogens with zero attached hydrogens (tertiary/aromatic N) is 4. The number of hydrogen-bond donors (Lipinski definition) is 0. The number of aromatic nitrogens is 3. The van der Waals surface area contributed by atoms with Crippen molar-refractivity contribution >= 4 is 5.91 Å². The third-order valence-electron chi connectivity index (χ3n) is 4.67. The lowest BCUT2D eigenvalue weighted by Gasteiger charge is -2.28. The molecule has 0 radical (unpaired) electrons. The molecule has 0 aliphatic heterocycles. The van der Waals surface area contributed by atoms with Crippen molar-refractivity contribution in [3.8, 4) is 11.4 Å². The highest BCUT2D eigenvalue weighted by molar-refractivity contribution is 5.81. The minimum absolute atomic E-state index is 0.0663. The number of carbonyl (C=O) groups excluding carboxylic acids is 1. The summed E-state index contributed by atoms with van der Waals surface area (Å²) in [7, 11) is 1.80. The molecular formula is C21H24N4O2. The number of aryl methyl sites for hydroxylation is 1. The van der Waals surface area contributed by atoms with E-state index in [1.54, 1.807) is 29.9 Å². The van der Waals surface area contributed by atoms with E-state index in [4.69, 9.17) is 4.74 Å². The van der Waals surface area contributed by atoms with Gasteiger partial charge >= 0.3 is 0 Å². The molecule has 3 aromatic rings. The van der Waals surface area contributed by atoms with Gasteiger partial charge in [-0.1, -0.05) is 29.8 Å². The van der Waals surface area contributed by atoms with Crippen molar-refractivity contribution in [2.24, 2.45) is 0 Å². The number of rotatable bonds is 6. The van der Waals surface area contributed by atoms with Crippen molar-refractivity contribution in [1.29, 1.82) is 0 Å². The van der Waals surface area contributed by atoms with Gasteiger partial charge in [0.15, 0.2) is 6.10 Å². The second-order valence-corrected chi connectivity index (χ2v) is 6.63. The quantitative estimate of drug-likeness (QED) is 0.671. The van der Waals surface area contributed by atoms with Crippen molar-refractivity contribution in [1.82, 2.24) is 19.7 Å². The van der Waals surface area contributed by atoms with Crippen molar-refractivity contribution in [2.45, 2.75) is 32.9 Å². The van der Waals surface area contributed by atoms with E-state index in [1.807, 2.05) is 62.4 Å². The smallest absolute Gasteiger partial charge is 0.263 e. The van der Waals surface area contributed by atoms with E-state index < -0.39 is 6.10 Å². The normalized spacial score (nSPS) is 13.0. The molecule has 1 heterocycles. The maximum Gasteiger partial charge on any atom is 0.263 e. The van der Waals surface area contributed by atoms with Gasteiger partial charge in [0, 0.05) is 7.05 Å².